The van der Waals surface area contributed by atoms with Gasteiger partial charge in [-0.2, -0.15) is 0 Å². The van der Waals surface area contributed by atoms with Crippen LogP contribution >= 0.6 is 11.3 Å². The molecule has 3 rings (SSSR count). The highest BCUT2D eigenvalue weighted by Crippen LogP contribution is 2.27. The number of carbonyl (C=O) groups excluding carboxylic acids is 1. The van der Waals surface area contributed by atoms with Crippen LogP contribution in [-0.4, -0.2) is 33.7 Å². The monoisotopic (exact) mass is 301 g/mol. The van der Waals surface area contributed by atoms with Crippen molar-refractivity contribution >= 4 is 17.1 Å². The van der Waals surface area contributed by atoms with Gasteiger partial charge in [-0.1, -0.05) is 0 Å². The largest absolute Gasteiger partial charge is 0.298 e. The summed E-state index contributed by atoms with van der Waals surface area (Å²) in [6.07, 6.45) is 5.83. The van der Waals surface area contributed by atoms with E-state index in [1.54, 1.807) is 24.6 Å². The van der Waals surface area contributed by atoms with Gasteiger partial charge in [-0.05, 0) is 49.4 Å². The third kappa shape index (κ3) is 3.54. The van der Waals surface area contributed by atoms with Gasteiger partial charge in [0, 0.05) is 30.9 Å². The zero-order valence-corrected chi connectivity index (χ0v) is 13.0. The van der Waals surface area contributed by atoms with Crippen molar-refractivity contribution in [3.63, 3.8) is 0 Å². The van der Waals surface area contributed by atoms with Crippen LogP contribution in [0.5, 0.6) is 0 Å². The molecule has 1 fully saturated rings. The number of hydrogen-bond donors (Lipinski definition) is 0. The van der Waals surface area contributed by atoms with E-state index in [2.05, 4.69) is 20.2 Å². The van der Waals surface area contributed by atoms with Crippen molar-refractivity contribution in [2.45, 2.75) is 32.2 Å². The van der Waals surface area contributed by atoms with E-state index in [0.717, 1.165) is 30.2 Å². The molecule has 0 amide bonds. The Labute approximate surface area is 128 Å². The molecule has 1 saturated heterocycles. The van der Waals surface area contributed by atoms with Gasteiger partial charge in [0.05, 0.1) is 4.88 Å². The van der Waals surface area contributed by atoms with E-state index in [9.17, 15) is 4.79 Å². The van der Waals surface area contributed by atoms with Gasteiger partial charge in [-0.3, -0.25) is 9.69 Å². The van der Waals surface area contributed by atoms with Crippen LogP contribution in [0.1, 0.15) is 46.6 Å². The molecule has 2 aromatic rings. The highest BCUT2D eigenvalue weighted by molar-refractivity contribution is 7.12. The van der Waals surface area contributed by atoms with Crippen LogP contribution in [0.25, 0.3) is 0 Å². The van der Waals surface area contributed by atoms with Crippen LogP contribution in [0.4, 0.5) is 0 Å². The lowest BCUT2D eigenvalue weighted by molar-refractivity contribution is 0.102. The molecule has 1 atom stereocenters. The molecule has 0 bridgehead atoms. The molecule has 3 heterocycles. The molecule has 0 saturated carbocycles. The average molecular weight is 301 g/mol. The van der Waals surface area contributed by atoms with E-state index in [-0.39, 0.29) is 5.78 Å². The smallest absolute Gasteiger partial charge is 0.169 e. The summed E-state index contributed by atoms with van der Waals surface area (Å²) in [4.78, 5) is 23.1. The Kier molecular flexibility index (Phi) is 4.41. The van der Waals surface area contributed by atoms with Gasteiger partial charge in [0.2, 0.25) is 0 Å². The first-order chi connectivity index (χ1) is 10.2. The molecule has 1 aliphatic rings. The zero-order chi connectivity index (χ0) is 14.7. The number of piperidine rings is 1. The van der Waals surface area contributed by atoms with Crippen LogP contribution in [0, 0.1) is 0 Å². The summed E-state index contributed by atoms with van der Waals surface area (Å²) >= 11 is 1.55. The maximum atomic E-state index is 11.4. The van der Waals surface area contributed by atoms with E-state index in [0.29, 0.717) is 5.92 Å². The number of ketones is 1. The van der Waals surface area contributed by atoms with Crippen molar-refractivity contribution in [2.24, 2.45) is 0 Å². The second-order valence-corrected chi connectivity index (χ2v) is 6.50. The fourth-order valence-corrected chi connectivity index (χ4v) is 3.69. The van der Waals surface area contributed by atoms with Crippen molar-refractivity contribution in [3.8, 4) is 0 Å². The standard InChI is InChI=1S/C16H19N3OS/c1-12(20)16-7-13(10-21-16)8-19-6-2-3-14(9-19)15-4-5-17-11-18-15/h4-5,7,10-11,14H,2-3,6,8-9H2,1H3/t14-/m0/s1. The second kappa shape index (κ2) is 6.45. The van der Waals surface area contributed by atoms with Crippen molar-refractivity contribution in [3.05, 3.63) is 46.2 Å². The third-order valence-electron chi connectivity index (χ3n) is 3.94. The number of likely N-dealkylation sites (tertiary alicyclic amines) is 1. The molecule has 0 N–H and O–H groups in total. The lowest BCUT2D eigenvalue weighted by atomic mass is 9.94. The van der Waals surface area contributed by atoms with E-state index in [4.69, 9.17) is 0 Å². The van der Waals surface area contributed by atoms with E-state index in [1.807, 2.05) is 18.3 Å². The predicted molar refractivity (Wildman–Crippen MR) is 83.6 cm³/mol. The molecule has 5 heteroatoms. The molecule has 0 unspecified atom stereocenters. The molecule has 0 radical (unpaired) electrons. The Morgan fingerprint density at radius 1 is 1.52 bits per heavy atom. The predicted octanol–water partition coefficient (Wildman–Crippen LogP) is 3.12. The normalized spacial score (nSPS) is 19.6. The second-order valence-electron chi connectivity index (χ2n) is 5.58. The van der Waals surface area contributed by atoms with Crippen LogP contribution in [0.3, 0.4) is 0 Å². The maximum Gasteiger partial charge on any atom is 0.169 e. The topological polar surface area (TPSA) is 46.1 Å². The Hall–Kier alpha value is -1.59. The molecular weight excluding hydrogens is 282 g/mol. The third-order valence-corrected chi connectivity index (χ3v) is 5.02. The minimum atomic E-state index is 0.156. The highest BCUT2D eigenvalue weighted by atomic mass is 32.1. The Bertz CT molecular complexity index is 611. The first-order valence-corrected chi connectivity index (χ1v) is 8.17. The van der Waals surface area contributed by atoms with E-state index in [1.165, 1.54) is 18.4 Å². The lowest BCUT2D eigenvalue weighted by Gasteiger charge is -2.32. The van der Waals surface area contributed by atoms with Crippen LogP contribution in [0.2, 0.25) is 0 Å². The van der Waals surface area contributed by atoms with Crippen molar-refractivity contribution in [2.75, 3.05) is 13.1 Å². The summed E-state index contributed by atoms with van der Waals surface area (Å²) in [5, 5.41) is 2.10. The van der Waals surface area contributed by atoms with E-state index >= 15 is 0 Å². The number of thiophene rings is 1. The zero-order valence-electron chi connectivity index (χ0n) is 12.2. The van der Waals surface area contributed by atoms with E-state index < -0.39 is 0 Å². The van der Waals surface area contributed by atoms with Crippen molar-refractivity contribution in [1.82, 2.24) is 14.9 Å². The Balaban J connectivity index is 1.64. The molecule has 0 spiro atoms. The van der Waals surface area contributed by atoms with Crippen LogP contribution < -0.4 is 0 Å². The SMILES string of the molecule is CC(=O)c1cc(CN2CCC[C@H](c3ccncn3)C2)cs1. The summed E-state index contributed by atoms with van der Waals surface area (Å²) in [5.74, 6) is 0.649. The molecule has 0 aromatic carbocycles. The van der Waals surface area contributed by atoms with Crippen molar-refractivity contribution < 1.29 is 4.79 Å². The summed E-state index contributed by atoms with van der Waals surface area (Å²) in [6, 6.07) is 4.05. The molecule has 110 valence electrons. The molecular formula is C16H19N3OS. The summed E-state index contributed by atoms with van der Waals surface area (Å²) < 4.78 is 0. The minimum absolute atomic E-state index is 0.156. The summed E-state index contributed by atoms with van der Waals surface area (Å²) in [5.41, 5.74) is 2.39. The minimum Gasteiger partial charge on any atom is -0.298 e. The van der Waals surface area contributed by atoms with Gasteiger partial charge in [-0.15, -0.1) is 11.3 Å². The van der Waals surface area contributed by atoms with Gasteiger partial charge < -0.3 is 0 Å². The number of rotatable bonds is 4. The summed E-state index contributed by atoms with van der Waals surface area (Å²) in [7, 11) is 0. The summed E-state index contributed by atoms with van der Waals surface area (Å²) in [6.45, 7) is 4.70. The van der Waals surface area contributed by atoms with Crippen molar-refractivity contribution in [1.29, 1.82) is 0 Å². The maximum absolute atomic E-state index is 11.4. The quantitative estimate of drug-likeness (QED) is 0.814. The van der Waals surface area contributed by atoms with Crippen LogP contribution in [0.15, 0.2) is 30.0 Å². The lowest BCUT2D eigenvalue weighted by Crippen LogP contribution is -2.34. The number of nitrogens with zero attached hydrogens (tertiary/aromatic N) is 3. The average Bonchev–Trinajstić information content (AvgIpc) is 2.97. The fraction of sp³-hybridized carbons (Fsp3) is 0.438. The fourth-order valence-electron chi connectivity index (χ4n) is 2.88. The first-order valence-electron chi connectivity index (χ1n) is 7.29. The molecule has 4 nitrogen and oxygen atoms in total. The van der Waals surface area contributed by atoms with Gasteiger partial charge in [0.25, 0.3) is 0 Å². The number of Topliss-reactive ketones (excluding diaryl/α,β-unsaturated/α-hetero) is 1. The molecule has 2 aromatic heterocycles. The Morgan fingerprint density at radius 3 is 3.14 bits per heavy atom. The molecule has 21 heavy (non-hydrogen) atoms. The van der Waals surface area contributed by atoms with Gasteiger partial charge in [0.15, 0.2) is 5.78 Å². The Morgan fingerprint density at radius 2 is 2.43 bits per heavy atom. The highest BCUT2D eigenvalue weighted by Gasteiger charge is 2.22. The number of carbonyl (C=O) groups is 1. The first kappa shape index (κ1) is 14.4. The molecule has 1 aliphatic heterocycles. The molecule has 0 aliphatic carbocycles. The van der Waals surface area contributed by atoms with Gasteiger partial charge in [-0.25, -0.2) is 9.97 Å². The van der Waals surface area contributed by atoms with Gasteiger partial charge in [0.1, 0.15) is 6.33 Å². The number of hydrogen-bond acceptors (Lipinski definition) is 5. The number of aromatic nitrogens is 2. The van der Waals surface area contributed by atoms with Gasteiger partial charge >= 0.3 is 0 Å². The van der Waals surface area contributed by atoms with Crippen LogP contribution in [-0.2, 0) is 6.54 Å².